The van der Waals surface area contributed by atoms with E-state index in [4.69, 9.17) is 11.6 Å². The minimum atomic E-state index is -4.14. The van der Waals surface area contributed by atoms with Crippen molar-refractivity contribution in [2.45, 2.75) is 5.51 Å². The zero-order valence-electron chi connectivity index (χ0n) is 5.53. The zero-order valence-corrected chi connectivity index (χ0v) is 7.92. The Bertz CT molecular complexity index is 96.2. The van der Waals surface area contributed by atoms with E-state index >= 15 is 0 Å². The second-order valence-electron chi connectivity index (χ2n) is 1.49. The van der Waals surface area contributed by atoms with Gasteiger partial charge in [-0.1, -0.05) is 0 Å². The number of hydrogen-bond acceptors (Lipinski definition) is 2. The first-order valence-corrected chi connectivity index (χ1v) is 5.33. The Morgan fingerprint density at radius 2 is 2.00 bits per heavy atom. The van der Waals surface area contributed by atoms with Crippen LogP contribution in [0.2, 0.25) is 0 Å². The van der Waals surface area contributed by atoms with Crippen LogP contribution in [0.5, 0.6) is 0 Å². The van der Waals surface area contributed by atoms with Crippen LogP contribution in [-0.4, -0.2) is 22.9 Å². The molecule has 0 aliphatic carbocycles. The molecular formula is C5H7ClF3S2. The summed E-state index contributed by atoms with van der Waals surface area (Å²) in [5.41, 5.74) is -4.14. The fourth-order valence-electron chi connectivity index (χ4n) is 0.315. The lowest BCUT2D eigenvalue weighted by molar-refractivity contribution is -0.0322. The third-order valence-corrected chi connectivity index (χ3v) is 2.74. The molecule has 0 aromatic rings. The third kappa shape index (κ3) is 10.8. The summed E-state index contributed by atoms with van der Waals surface area (Å²) in [5.74, 6) is 2.69. The lowest BCUT2D eigenvalue weighted by Gasteiger charge is -2.03. The average molecular weight is 224 g/mol. The maximum Gasteiger partial charge on any atom is 0.442 e. The van der Waals surface area contributed by atoms with Gasteiger partial charge in [0.1, 0.15) is 0 Å². The van der Waals surface area contributed by atoms with E-state index < -0.39 is 5.51 Å². The van der Waals surface area contributed by atoms with Crippen LogP contribution in [0.4, 0.5) is 13.2 Å². The van der Waals surface area contributed by atoms with Crippen LogP contribution in [0.15, 0.2) is 0 Å². The average Bonchev–Trinajstić information content (AvgIpc) is 1.85. The molecule has 11 heavy (non-hydrogen) atoms. The van der Waals surface area contributed by atoms with Crippen LogP contribution in [-0.2, 0) is 0 Å². The van der Waals surface area contributed by atoms with Crippen molar-refractivity contribution in [2.75, 3.05) is 17.4 Å². The molecule has 0 saturated heterocycles. The first kappa shape index (κ1) is 11.8. The molecule has 0 N–H and O–H groups in total. The van der Waals surface area contributed by atoms with E-state index in [-0.39, 0.29) is 11.8 Å². The van der Waals surface area contributed by atoms with Gasteiger partial charge in [-0.15, -0.1) is 11.6 Å². The molecule has 0 heterocycles. The van der Waals surface area contributed by atoms with E-state index in [1.807, 2.05) is 0 Å². The van der Waals surface area contributed by atoms with E-state index in [0.717, 1.165) is 5.75 Å². The standard InChI is InChI=1S/C5H7ClF3S2/c6-1-2-10-3-4-11-5(7,8)9/h4H,1-3H2. The fourth-order valence-corrected chi connectivity index (χ4v) is 1.76. The van der Waals surface area contributed by atoms with Gasteiger partial charge in [-0.2, -0.15) is 24.9 Å². The first-order chi connectivity index (χ1) is 5.06. The molecule has 0 spiro atoms. The Morgan fingerprint density at radius 3 is 2.45 bits per heavy atom. The summed E-state index contributed by atoms with van der Waals surface area (Å²) in [4.78, 5) is 0. The number of halogens is 4. The van der Waals surface area contributed by atoms with Crippen LogP contribution in [0, 0.1) is 5.75 Å². The SMILES string of the molecule is FC(F)(F)S[CH]CSCCCl. The maximum atomic E-state index is 11.5. The highest BCUT2D eigenvalue weighted by atomic mass is 35.5. The van der Waals surface area contributed by atoms with Crippen LogP contribution in [0.1, 0.15) is 0 Å². The molecular weight excluding hydrogens is 217 g/mol. The second kappa shape index (κ2) is 6.31. The lowest BCUT2D eigenvalue weighted by Crippen LogP contribution is -1.99. The monoisotopic (exact) mass is 223 g/mol. The predicted molar refractivity (Wildman–Crippen MR) is 46.0 cm³/mol. The lowest BCUT2D eigenvalue weighted by atomic mass is 10.9. The summed E-state index contributed by atoms with van der Waals surface area (Å²) in [7, 11) is 0. The minimum Gasteiger partial charge on any atom is -0.160 e. The van der Waals surface area contributed by atoms with Gasteiger partial charge >= 0.3 is 5.51 Å². The number of alkyl halides is 4. The van der Waals surface area contributed by atoms with Gasteiger partial charge in [-0.25, -0.2) is 0 Å². The summed E-state index contributed by atoms with van der Waals surface area (Å²) in [6.45, 7) is 0. The summed E-state index contributed by atoms with van der Waals surface area (Å²) in [6.07, 6.45) is 0. The van der Waals surface area contributed by atoms with Crippen molar-refractivity contribution in [2.24, 2.45) is 0 Å². The maximum absolute atomic E-state index is 11.5. The highest BCUT2D eigenvalue weighted by Gasteiger charge is 2.27. The Balaban J connectivity index is 3.02. The molecule has 67 valence electrons. The van der Waals surface area contributed by atoms with E-state index in [1.54, 1.807) is 0 Å². The van der Waals surface area contributed by atoms with E-state index in [1.165, 1.54) is 11.8 Å². The van der Waals surface area contributed by atoms with Crippen molar-refractivity contribution >= 4 is 35.1 Å². The molecule has 1 radical (unpaired) electrons. The zero-order chi connectivity index (χ0) is 8.74. The summed E-state index contributed by atoms with van der Waals surface area (Å²) in [6, 6.07) is 0. The van der Waals surface area contributed by atoms with Gasteiger partial charge in [-0.3, -0.25) is 0 Å². The smallest absolute Gasteiger partial charge is 0.160 e. The van der Waals surface area contributed by atoms with Crippen molar-refractivity contribution in [1.82, 2.24) is 0 Å². The van der Waals surface area contributed by atoms with Gasteiger partial charge in [0.2, 0.25) is 0 Å². The Kier molecular flexibility index (Phi) is 6.76. The molecule has 0 rings (SSSR count). The summed E-state index contributed by atoms with van der Waals surface area (Å²) in [5, 5.41) is 0. The van der Waals surface area contributed by atoms with Crippen molar-refractivity contribution in [3.8, 4) is 0 Å². The van der Waals surface area contributed by atoms with Gasteiger partial charge in [-0.05, 0) is 11.8 Å². The van der Waals surface area contributed by atoms with Crippen molar-refractivity contribution in [1.29, 1.82) is 0 Å². The molecule has 0 amide bonds. The third-order valence-electron chi connectivity index (χ3n) is 0.624. The number of rotatable bonds is 5. The highest BCUT2D eigenvalue weighted by Crippen LogP contribution is 2.32. The molecule has 0 aromatic heterocycles. The molecule has 0 saturated carbocycles. The van der Waals surface area contributed by atoms with Gasteiger partial charge in [0, 0.05) is 23.1 Å². The molecule has 0 unspecified atom stereocenters. The first-order valence-electron chi connectivity index (χ1n) is 2.76. The van der Waals surface area contributed by atoms with Gasteiger partial charge < -0.3 is 0 Å². The molecule has 0 atom stereocenters. The molecule has 0 aromatic carbocycles. The number of hydrogen-bond donors (Lipinski definition) is 0. The van der Waals surface area contributed by atoms with Gasteiger partial charge in [0.25, 0.3) is 0 Å². The van der Waals surface area contributed by atoms with Crippen LogP contribution in [0.3, 0.4) is 0 Å². The largest absolute Gasteiger partial charge is 0.442 e. The fraction of sp³-hybridized carbons (Fsp3) is 0.800. The normalized spacial score (nSPS) is 12.0. The van der Waals surface area contributed by atoms with Crippen LogP contribution in [0.25, 0.3) is 0 Å². The van der Waals surface area contributed by atoms with Crippen LogP contribution >= 0.6 is 35.1 Å². The molecule has 0 nitrogen and oxygen atoms in total. The van der Waals surface area contributed by atoms with E-state index in [9.17, 15) is 13.2 Å². The van der Waals surface area contributed by atoms with Gasteiger partial charge in [0.15, 0.2) is 0 Å². The van der Waals surface area contributed by atoms with Crippen LogP contribution < -0.4 is 0 Å². The number of thioether (sulfide) groups is 2. The Hall–Kier alpha value is 0.780. The molecule has 0 bridgehead atoms. The van der Waals surface area contributed by atoms with Crippen molar-refractivity contribution < 1.29 is 13.2 Å². The molecule has 6 heteroatoms. The van der Waals surface area contributed by atoms with E-state index in [2.05, 4.69) is 0 Å². The van der Waals surface area contributed by atoms with Crippen molar-refractivity contribution in [3.63, 3.8) is 0 Å². The minimum absolute atomic E-state index is 0.105. The Morgan fingerprint density at radius 1 is 1.36 bits per heavy atom. The second-order valence-corrected chi connectivity index (χ2v) is 4.05. The van der Waals surface area contributed by atoms with Crippen molar-refractivity contribution in [3.05, 3.63) is 5.75 Å². The summed E-state index contributed by atoms with van der Waals surface area (Å²) >= 11 is 6.59. The molecule has 0 fully saturated rings. The molecule has 0 aliphatic rings. The molecule has 0 aliphatic heterocycles. The van der Waals surface area contributed by atoms with E-state index in [0.29, 0.717) is 17.4 Å². The summed E-state index contributed by atoms with van der Waals surface area (Å²) < 4.78 is 34.4. The highest BCUT2D eigenvalue weighted by molar-refractivity contribution is 8.04. The topological polar surface area (TPSA) is 0 Å². The van der Waals surface area contributed by atoms with Gasteiger partial charge in [0.05, 0.1) is 0 Å². The Labute approximate surface area is 77.2 Å². The predicted octanol–water partition coefficient (Wildman–Crippen LogP) is 3.37. The quantitative estimate of drug-likeness (QED) is 0.518.